The molecule has 34 heavy (non-hydrogen) atoms. The molecule has 4 rings (SSSR count). The number of nitrogens with one attached hydrogen (secondary N) is 1. The van der Waals surface area contributed by atoms with E-state index >= 15 is 0 Å². The maximum Gasteiger partial charge on any atom is 0.419 e. The second kappa shape index (κ2) is 9.67. The van der Waals surface area contributed by atoms with Gasteiger partial charge in [-0.05, 0) is 49.4 Å². The van der Waals surface area contributed by atoms with Crippen molar-refractivity contribution in [2.24, 2.45) is 5.92 Å². The van der Waals surface area contributed by atoms with E-state index in [0.29, 0.717) is 24.9 Å². The van der Waals surface area contributed by atoms with Crippen LogP contribution in [-0.2, 0) is 21.4 Å². The van der Waals surface area contributed by atoms with Gasteiger partial charge in [-0.15, -0.1) is 0 Å². The van der Waals surface area contributed by atoms with Gasteiger partial charge in [0.05, 0.1) is 10.4 Å². The predicted molar refractivity (Wildman–Crippen MR) is 122 cm³/mol. The first kappa shape index (κ1) is 24.1. The summed E-state index contributed by atoms with van der Waals surface area (Å²) in [6.07, 6.45) is 1.85. The topological polar surface area (TPSA) is 102 Å². The minimum atomic E-state index is -3.79. The van der Waals surface area contributed by atoms with Gasteiger partial charge in [-0.3, -0.25) is 9.36 Å². The molecule has 1 aliphatic heterocycles. The first-order chi connectivity index (χ1) is 16.2. The third kappa shape index (κ3) is 4.90. The molecule has 2 aromatic carbocycles. The molecule has 1 N–H and O–H groups in total. The number of carbonyl (C=O) groups excluding carboxylic acids is 1. The van der Waals surface area contributed by atoms with Crippen LogP contribution in [0.25, 0.3) is 11.1 Å². The van der Waals surface area contributed by atoms with Crippen LogP contribution in [0.2, 0.25) is 0 Å². The van der Waals surface area contributed by atoms with E-state index in [4.69, 9.17) is 4.42 Å². The highest BCUT2D eigenvalue weighted by Gasteiger charge is 2.31. The fourth-order valence-corrected chi connectivity index (χ4v) is 5.68. The Labute approximate surface area is 195 Å². The number of halogens is 2. The van der Waals surface area contributed by atoms with Crippen molar-refractivity contribution in [2.45, 2.75) is 44.0 Å². The lowest BCUT2D eigenvalue weighted by Crippen LogP contribution is -2.39. The van der Waals surface area contributed by atoms with Crippen molar-refractivity contribution in [1.82, 2.24) is 8.87 Å². The van der Waals surface area contributed by atoms with Crippen molar-refractivity contribution in [1.29, 1.82) is 0 Å². The highest BCUT2D eigenvalue weighted by molar-refractivity contribution is 7.89. The Morgan fingerprint density at radius 2 is 1.85 bits per heavy atom. The smallest absolute Gasteiger partial charge is 0.408 e. The molecule has 2 heterocycles. The Balaban J connectivity index is 1.38. The molecule has 0 unspecified atom stereocenters. The third-order valence-electron chi connectivity index (χ3n) is 5.98. The zero-order valence-electron chi connectivity index (χ0n) is 18.6. The Bertz CT molecular complexity index is 1370. The molecule has 11 heteroatoms. The maximum atomic E-state index is 13.3. The number of anilines is 1. The fourth-order valence-electron chi connectivity index (χ4n) is 4.19. The first-order valence-electron chi connectivity index (χ1n) is 11.1. The van der Waals surface area contributed by atoms with Crippen LogP contribution < -0.4 is 11.1 Å². The molecule has 0 bridgehead atoms. The maximum absolute atomic E-state index is 13.3. The van der Waals surface area contributed by atoms with Gasteiger partial charge in [0, 0.05) is 43.9 Å². The van der Waals surface area contributed by atoms with Crippen LogP contribution in [-0.4, -0.2) is 36.3 Å². The summed E-state index contributed by atoms with van der Waals surface area (Å²) >= 11 is 0. The number of hydrogen-bond acceptors (Lipinski definition) is 5. The molecule has 1 saturated heterocycles. The Hall–Kier alpha value is -3.05. The van der Waals surface area contributed by atoms with E-state index < -0.39 is 27.4 Å². The predicted octanol–water partition coefficient (Wildman–Crippen LogP) is 3.71. The van der Waals surface area contributed by atoms with Gasteiger partial charge in [0.2, 0.25) is 15.9 Å². The molecule has 1 amide bonds. The van der Waals surface area contributed by atoms with Crippen molar-refractivity contribution in [2.75, 3.05) is 18.4 Å². The number of piperidine rings is 1. The average Bonchev–Trinajstić information content (AvgIpc) is 3.11. The van der Waals surface area contributed by atoms with Crippen molar-refractivity contribution < 1.29 is 26.4 Å². The average molecular weight is 494 g/mol. The quantitative estimate of drug-likeness (QED) is 0.541. The van der Waals surface area contributed by atoms with E-state index in [0.717, 1.165) is 18.6 Å². The SMILES string of the molecule is CCCn1c(=O)oc2cc(S(=O)(=O)N3CCC(CC(=O)Nc4ccc(F)c(F)c4)CC3)ccc21. The Morgan fingerprint density at radius 1 is 1.12 bits per heavy atom. The zero-order chi connectivity index (χ0) is 24.5. The van der Waals surface area contributed by atoms with Crippen molar-refractivity contribution in [3.63, 3.8) is 0 Å². The number of fused-ring (bicyclic) bond motifs is 1. The summed E-state index contributed by atoms with van der Waals surface area (Å²) in [4.78, 5) is 24.4. The second-order valence-corrected chi connectivity index (χ2v) is 10.3. The lowest BCUT2D eigenvalue weighted by Gasteiger charge is -2.31. The molecule has 8 nitrogen and oxygen atoms in total. The van der Waals surface area contributed by atoms with E-state index in [1.54, 1.807) is 6.07 Å². The molecule has 182 valence electrons. The molecular formula is C23H25F2N3O5S. The van der Waals surface area contributed by atoms with Gasteiger partial charge in [-0.2, -0.15) is 4.31 Å². The highest BCUT2D eigenvalue weighted by atomic mass is 32.2. The van der Waals surface area contributed by atoms with Gasteiger partial charge in [0.15, 0.2) is 17.2 Å². The largest absolute Gasteiger partial charge is 0.419 e. The standard InChI is InChI=1S/C23H25F2N3O5S/c1-2-9-28-20-6-4-17(14-21(20)33-23(28)30)34(31,32)27-10-7-15(8-11-27)12-22(29)26-16-3-5-18(24)19(25)13-16/h3-6,13-15H,2,7-12H2,1H3,(H,26,29). The number of benzene rings is 2. The molecule has 0 aliphatic carbocycles. The lowest BCUT2D eigenvalue weighted by atomic mass is 9.94. The molecule has 1 aliphatic rings. The number of aryl methyl sites for hydroxylation is 1. The minimum Gasteiger partial charge on any atom is -0.408 e. The molecule has 1 fully saturated rings. The Kier molecular flexibility index (Phi) is 6.85. The summed E-state index contributed by atoms with van der Waals surface area (Å²) < 4.78 is 60.7. The number of carbonyl (C=O) groups is 1. The number of hydrogen-bond donors (Lipinski definition) is 1. The summed E-state index contributed by atoms with van der Waals surface area (Å²) in [7, 11) is -3.79. The van der Waals surface area contributed by atoms with Crippen LogP contribution in [0, 0.1) is 17.6 Å². The van der Waals surface area contributed by atoms with E-state index in [-0.39, 0.29) is 47.5 Å². The number of aromatic nitrogens is 1. The first-order valence-corrected chi connectivity index (χ1v) is 12.5. The fraction of sp³-hybridized carbons (Fsp3) is 0.391. The molecule has 0 atom stereocenters. The van der Waals surface area contributed by atoms with Crippen LogP contribution in [0.3, 0.4) is 0 Å². The second-order valence-electron chi connectivity index (χ2n) is 8.38. The number of sulfonamides is 1. The minimum absolute atomic E-state index is 0.0414. The van der Waals surface area contributed by atoms with Crippen LogP contribution >= 0.6 is 0 Å². The van der Waals surface area contributed by atoms with Gasteiger partial charge in [0.1, 0.15) is 0 Å². The van der Waals surface area contributed by atoms with E-state index in [1.165, 1.54) is 27.1 Å². The Morgan fingerprint density at radius 3 is 2.53 bits per heavy atom. The van der Waals surface area contributed by atoms with E-state index in [2.05, 4.69) is 5.32 Å². The van der Waals surface area contributed by atoms with Gasteiger partial charge in [0.25, 0.3) is 0 Å². The lowest BCUT2D eigenvalue weighted by molar-refractivity contribution is -0.117. The zero-order valence-corrected chi connectivity index (χ0v) is 19.4. The van der Waals surface area contributed by atoms with Crippen molar-refractivity contribution in [3.8, 4) is 0 Å². The number of amides is 1. The number of oxazole rings is 1. The number of nitrogens with zero attached hydrogens (tertiary/aromatic N) is 2. The normalized spacial score (nSPS) is 15.6. The van der Waals surface area contributed by atoms with E-state index in [1.807, 2.05) is 6.92 Å². The summed E-state index contributed by atoms with van der Waals surface area (Å²) in [5, 5.41) is 2.54. The molecule has 0 spiro atoms. The van der Waals surface area contributed by atoms with Crippen molar-refractivity contribution in [3.05, 3.63) is 58.6 Å². The third-order valence-corrected chi connectivity index (χ3v) is 7.87. The highest BCUT2D eigenvalue weighted by Crippen LogP contribution is 2.28. The van der Waals surface area contributed by atoms with Gasteiger partial charge in [-0.1, -0.05) is 6.92 Å². The summed E-state index contributed by atoms with van der Waals surface area (Å²) in [6.45, 7) is 2.89. The number of rotatable bonds is 7. The summed E-state index contributed by atoms with van der Waals surface area (Å²) in [5.74, 6) is -2.94. The molecule has 0 saturated carbocycles. The summed E-state index contributed by atoms with van der Waals surface area (Å²) in [5.41, 5.74) is 0.943. The monoisotopic (exact) mass is 493 g/mol. The van der Waals surface area contributed by atoms with Crippen LogP contribution in [0.5, 0.6) is 0 Å². The summed E-state index contributed by atoms with van der Waals surface area (Å²) in [6, 6.07) is 7.56. The van der Waals surface area contributed by atoms with Gasteiger partial charge >= 0.3 is 5.76 Å². The van der Waals surface area contributed by atoms with Gasteiger partial charge in [-0.25, -0.2) is 22.0 Å². The van der Waals surface area contributed by atoms with Crippen molar-refractivity contribution >= 4 is 32.7 Å². The molecule has 3 aromatic rings. The van der Waals surface area contributed by atoms with Crippen LogP contribution in [0.1, 0.15) is 32.6 Å². The molecule has 0 radical (unpaired) electrons. The van der Waals surface area contributed by atoms with Gasteiger partial charge < -0.3 is 9.73 Å². The van der Waals surface area contributed by atoms with E-state index in [9.17, 15) is 26.8 Å². The molecule has 1 aromatic heterocycles. The van der Waals surface area contributed by atoms with Crippen LogP contribution in [0.4, 0.5) is 14.5 Å². The van der Waals surface area contributed by atoms with Crippen LogP contribution in [0.15, 0.2) is 50.5 Å². The molecular weight excluding hydrogens is 468 g/mol.